The number of nitrogens with zero attached hydrogens (tertiary/aromatic N) is 2. The van der Waals surface area contributed by atoms with Crippen molar-refractivity contribution in [1.29, 1.82) is 0 Å². The van der Waals surface area contributed by atoms with Gasteiger partial charge in [-0.05, 0) is 29.8 Å². The first-order valence-electron chi connectivity index (χ1n) is 10.5. The highest BCUT2D eigenvalue weighted by molar-refractivity contribution is 8.00. The molecule has 0 aliphatic carbocycles. The van der Waals surface area contributed by atoms with Crippen LogP contribution in [-0.4, -0.2) is 21.7 Å². The second-order valence-electron chi connectivity index (χ2n) is 7.45. The molecule has 2 amide bonds. The van der Waals surface area contributed by atoms with Gasteiger partial charge in [0.2, 0.25) is 11.8 Å². The average molecular weight is 505 g/mol. The summed E-state index contributed by atoms with van der Waals surface area (Å²) < 4.78 is 0. The predicted molar refractivity (Wildman–Crippen MR) is 139 cm³/mol. The van der Waals surface area contributed by atoms with Gasteiger partial charge in [-0.1, -0.05) is 42.5 Å². The predicted octanol–water partition coefficient (Wildman–Crippen LogP) is 6.15. The van der Waals surface area contributed by atoms with Crippen LogP contribution in [0.1, 0.15) is 17.7 Å². The molecule has 0 aliphatic rings. The van der Waals surface area contributed by atoms with Gasteiger partial charge in [0.25, 0.3) is 5.69 Å². The van der Waals surface area contributed by atoms with Crippen LogP contribution in [0.5, 0.6) is 0 Å². The number of amides is 2. The molecule has 0 radical (unpaired) electrons. The van der Waals surface area contributed by atoms with E-state index in [9.17, 15) is 19.7 Å². The molecule has 3 aromatic carbocycles. The number of anilines is 2. The van der Waals surface area contributed by atoms with Crippen molar-refractivity contribution >= 4 is 51.4 Å². The van der Waals surface area contributed by atoms with Crippen molar-refractivity contribution in [2.45, 2.75) is 17.1 Å². The van der Waals surface area contributed by atoms with Crippen molar-refractivity contribution in [2.24, 2.45) is 0 Å². The Morgan fingerprint density at radius 3 is 2.43 bits per heavy atom. The van der Waals surface area contributed by atoms with E-state index in [4.69, 9.17) is 0 Å². The first kappa shape index (κ1) is 24.1. The second-order valence-corrected chi connectivity index (χ2v) is 9.49. The second kappa shape index (κ2) is 10.9. The molecule has 2 N–H and O–H groups in total. The lowest BCUT2D eigenvalue weighted by molar-refractivity contribution is -0.384. The van der Waals surface area contributed by atoms with Crippen molar-refractivity contribution in [2.75, 3.05) is 10.6 Å². The third-order valence-electron chi connectivity index (χ3n) is 4.86. The first-order chi connectivity index (χ1) is 16.9. The van der Waals surface area contributed by atoms with Crippen molar-refractivity contribution < 1.29 is 14.5 Å². The van der Waals surface area contributed by atoms with Gasteiger partial charge in [-0.3, -0.25) is 19.7 Å². The summed E-state index contributed by atoms with van der Waals surface area (Å²) in [6, 6.07) is 22.9. The van der Waals surface area contributed by atoms with Crippen LogP contribution in [0.25, 0.3) is 11.3 Å². The quantitative estimate of drug-likeness (QED) is 0.169. The molecule has 10 heteroatoms. The minimum Gasteiger partial charge on any atom is -0.326 e. The Kier molecular flexibility index (Phi) is 7.54. The normalized spacial score (nSPS) is 11.5. The Morgan fingerprint density at radius 1 is 1.00 bits per heavy atom. The highest BCUT2D eigenvalue weighted by Crippen LogP contribution is 2.37. The van der Waals surface area contributed by atoms with E-state index in [0.717, 1.165) is 10.5 Å². The number of non-ortho nitro benzene ring substituents is 1. The molecule has 1 atom stereocenters. The molecule has 1 aromatic heterocycles. The molecule has 35 heavy (non-hydrogen) atoms. The molecule has 176 valence electrons. The Hall–Kier alpha value is -4.02. The number of carbonyl (C=O) groups excluding carboxylic acids is 2. The number of hydrogen-bond donors (Lipinski definition) is 2. The van der Waals surface area contributed by atoms with Crippen molar-refractivity contribution in [3.8, 4) is 11.3 Å². The van der Waals surface area contributed by atoms with Gasteiger partial charge in [0, 0.05) is 40.6 Å². The minimum atomic E-state index is -0.548. The van der Waals surface area contributed by atoms with Gasteiger partial charge in [0.05, 0.1) is 10.6 Å². The number of nitro benzene ring substituents is 1. The maximum absolute atomic E-state index is 13.3. The fraction of sp³-hybridized carbons (Fsp3) is 0.0800. The molecule has 1 heterocycles. The summed E-state index contributed by atoms with van der Waals surface area (Å²) in [4.78, 5) is 40.5. The van der Waals surface area contributed by atoms with Crippen LogP contribution in [0.3, 0.4) is 0 Å². The smallest absolute Gasteiger partial charge is 0.270 e. The average Bonchev–Trinajstić information content (AvgIpc) is 3.32. The fourth-order valence-corrected chi connectivity index (χ4v) is 5.02. The number of nitrogens with one attached hydrogen (secondary N) is 2. The van der Waals surface area contributed by atoms with Crippen molar-refractivity contribution in [3.63, 3.8) is 0 Å². The first-order valence-corrected chi connectivity index (χ1v) is 12.3. The van der Waals surface area contributed by atoms with Crippen LogP contribution < -0.4 is 10.6 Å². The molecule has 0 saturated carbocycles. The lowest BCUT2D eigenvalue weighted by Crippen LogP contribution is -2.19. The molecular weight excluding hydrogens is 484 g/mol. The van der Waals surface area contributed by atoms with Crippen LogP contribution in [0.15, 0.2) is 89.1 Å². The van der Waals surface area contributed by atoms with Gasteiger partial charge >= 0.3 is 0 Å². The lowest BCUT2D eigenvalue weighted by atomic mass is 10.1. The number of nitro groups is 1. The number of hydrogen-bond acceptors (Lipinski definition) is 7. The largest absolute Gasteiger partial charge is 0.326 e. The van der Waals surface area contributed by atoms with Gasteiger partial charge in [-0.15, -0.1) is 23.1 Å². The number of benzene rings is 3. The molecule has 0 spiro atoms. The number of aromatic nitrogens is 1. The van der Waals surface area contributed by atoms with E-state index in [1.165, 1.54) is 42.2 Å². The van der Waals surface area contributed by atoms with Crippen molar-refractivity contribution in [1.82, 2.24) is 4.98 Å². The Labute approximate surface area is 209 Å². The Balaban J connectivity index is 1.53. The maximum Gasteiger partial charge on any atom is 0.270 e. The summed E-state index contributed by atoms with van der Waals surface area (Å²) in [6.45, 7) is 1.45. The zero-order valence-electron chi connectivity index (χ0n) is 18.5. The van der Waals surface area contributed by atoms with Gasteiger partial charge in [-0.25, -0.2) is 4.98 Å². The monoisotopic (exact) mass is 504 g/mol. The third-order valence-corrected chi connectivity index (χ3v) is 6.88. The summed E-state index contributed by atoms with van der Waals surface area (Å²) in [5.41, 5.74) is 2.64. The zero-order valence-corrected chi connectivity index (χ0v) is 20.1. The summed E-state index contributed by atoms with van der Waals surface area (Å²) in [5, 5.41) is 18.3. The number of carbonyl (C=O) groups is 2. The zero-order chi connectivity index (χ0) is 24.8. The summed E-state index contributed by atoms with van der Waals surface area (Å²) >= 11 is 2.63. The van der Waals surface area contributed by atoms with Gasteiger partial charge < -0.3 is 10.6 Å². The third kappa shape index (κ3) is 6.31. The van der Waals surface area contributed by atoms with Crippen LogP contribution in [0, 0.1) is 10.1 Å². The lowest BCUT2D eigenvalue weighted by Gasteiger charge is -2.16. The molecule has 8 nitrogen and oxygen atoms in total. The fourth-order valence-electron chi connectivity index (χ4n) is 3.27. The van der Waals surface area contributed by atoms with Crippen LogP contribution >= 0.6 is 23.1 Å². The van der Waals surface area contributed by atoms with E-state index in [1.54, 1.807) is 29.6 Å². The number of thioether (sulfide) groups is 1. The van der Waals surface area contributed by atoms with E-state index in [-0.39, 0.29) is 17.5 Å². The minimum absolute atomic E-state index is 0.0221. The molecule has 0 fully saturated rings. The summed E-state index contributed by atoms with van der Waals surface area (Å²) in [7, 11) is 0. The summed E-state index contributed by atoms with van der Waals surface area (Å²) in [5.74, 6) is -0.396. The number of rotatable bonds is 8. The highest BCUT2D eigenvalue weighted by atomic mass is 32.2. The standard InChI is InChI=1S/C25H20N4O4S2/c1-16(30)26-19-10-12-21(13-11-19)35-23(17-6-3-2-4-7-17)24(31)28-25-27-22(15-34-25)18-8-5-9-20(14-18)29(32)33/h2-15,23H,1H3,(H,26,30)(H,27,28,31). The Bertz CT molecular complexity index is 1360. The van der Waals surface area contributed by atoms with E-state index in [0.29, 0.717) is 22.1 Å². The van der Waals surface area contributed by atoms with Gasteiger partial charge in [0.1, 0.15) is 5.25 Å². The Morgan fingerprint density at radius 2 is 1.74 bits per heavy atom. The molecule has 1 unspecified atom stereocenters. The molecule has 0 bridgehead atoms. The topological polar surface area (TPSA) is 114 Å². The van der Waals surface area contributed by atoms with Crippen LogP contribution in [-0.2, 0) is 9.59 Å². The highest BCUT2D eigenvalue weighted by Gasteiger charge is 2.23. The summed E-state index contributed by atoms with van der Waals surface area (Å²) in [6.07, 6.45) is 0. The maximum atomic E-state index is 13.3. The van der Waals surface area contributed by atoms with Gasteiger partial charge in [-0.2, -0.15) is 0 Å². The molecule has 4 aromatic rings. The van der Waals surface area contributed by atoms with E-state index < -0.39 is 10.2 Å². The van der Waals surface area contributed by atoms with Crippen molar-refractivity contribution in [3.05, 3.63) is 99.9 Å². The van der Waals surface area contributed by atoms with Crippen LogP contribution in [0.4, 0.5) is 16.5 Å². The SMILES string of the molecule is CC(=O)Nc1ccc(SC(C(=O)Nc2nc(-c3cccc([N+](=O)[O-])c3)cs2)c2ccccc2)cc1. The van der Waals surface area contributed by atoms with Crippen LogP contribution in [0.2, 0.25) is 0 Å². The molecule has 4 rings (SSSR count). The van der Waals surface area contributed by atoms with E-state index >= 15 is 0 Å². The van der Waals surface area contributed by atoms with E-state index in [1.807, 2.05) is 42.5 Å². The molecular formula is C25H20N4O4S2. The molecule has 0 aliphatic heterocycles. The van der Waals surface area contributed by atoms with Gasteiger partial charge in [0.15, 0.2) is 5.13 Å². The molecule has 0 saturated heterocycles. The number of thiazole rings is 1. The van der Waals surface area contributed by atoms with E-state index in [2.05, 4.69) is 15.6 Å².